The Morgan fingerprint density at radius 2 is 2.50 bits per heavy atom. The van der Waals surface area contributed by atoms with Gasteiger partial charge >= 0.3 is 0 Å². The number of amidine groups is 1. The van der Waals surface area contributed by atoms with Crippen molar-refractivity contribution in [2.24, 2.45) is 10.9 Å². The third-order valence-corrected chi connectivity index (χ3v) is 3.01. The number of thiazole rings is 1. The van der Waals surface area contributed by atoms with Crippen molar-refractivity contribution in [1.82, 2.24) is 10.3 Å². The molecule has 0 saturated heterocycles. The molecule has 0 aliphatic rings. The molecule has 16 heavy (non-hydrogen) atoms. The van der Waals surface area contributed by atoms with Crippen LogP contribution in [0.2, 0.25) is 0 Å². The van der Waals surface area contributed by atoms with Crippen LogP contribution in [0.3, 0.4) is 0 Å². The molecule has 90 valence electrons. The van der Waals surface area contributed by atoms with Crippen LogP contribution in [0.1, 0.15) is 24.0 Å². The van der Waals surface area contributed by atoms with Crippen molar-refractivity contribution in [1.29, 1.82) is 0 Å². The Morgan fingerprint density at radius 3 is 3.06 bits per heavy atom. The van der Waals surface area contributed by atoms with Crippen LogP contribution in [-0.2, 0) is 6.42 Å². The van der Waals surface area contributed by atoms with Crippen molar-refractivity contribution in [2.75, 3.05) is 6.54 Å². The van der Waals surface area contributed by atoms with Gasteiger partial charge in [0.15, 0.2) is 0 Å². The van der Waals surface area contributed by atoms with Crippen LogP contribution in [0.15, 0.2) is 10.5 Å². The van der Waals surface area contributed by atoms with E-state index in [-0.39, 0.29) is 11.9 Å². The number of nitrogens with one attached hydrogen (secondary N) is 1. The van der Waals surface area contributed by atoms with Crippen LogP contribution in [0.4, 0.5) is 0 Å². The second kappa shape index (κ2) is 6.44. The molecular weight excluding hydrogens is 224 g/mol. The Hall–Kier alpha value is -1.14. The summed E-state index contributed by atoms with van der Waals surface area (Å²) in [7, 11) is 0. The van der Waals surface area contributed by atoms with Gasteiger partial charge in [-0.1, -0.05) is 5.16 Å². The number of aryl methyl sites for hydroxylation is 1. The van der Waals surface area contributed by atoms with Crippen LogP contribution >= 0.6 is 11.3 Å². The van der Waals surface area contributed by atoms with Gasteiger partial charge in [-0.15, -0.1) is 11.3 Å². The highest BCUT2D eigenvalue weighted by Gasteiger charge is 2.04. The molecule has 0 aromatic carbocycles. The molecule has 0 spiro atoms. The van der Waals surface area contributed by atoms with Crippen molar-refractivity contribution >= 4 is 17.2 Å². The molecule has 0 fully saturated rings. The molecule has 5 nitrogen and oxygen atoms in total. The van der Waals surface area contributed by atoms with Crippen LogP contribution in [0, 0.1) is 6.92 Å². The average Bonchev–Trinajstić information content (AvgIpc) is 2.64. The summed E-state index contributed by atoms with van der Waals surface area (Å²) in [5, 5.41) is 17.8. The Bertz CT molecular complexity index is 350. The highest BCUT2D eigenvalue weighted by atomic mass is 32.1. The average molecular weight is 242 g/mol. The molecule has 1 atom stereocenters. The van der Waals surface area contributed by atoms with E-state index < -0.39 is 0 Å². The lowest BCUT2D eigenvalue weighted by Gasteiger charge is -2.11. The fourth-order valence-electron chi connectivity index (χ4n) is 1.40. The summed E-state index contributed by atoms with van der Waals surface area (Å²) in [6.45, 7) is 4.86. The fourth-order valence-corrected chi connectivity index (χ4v) is 2.04. The number of aromatic nitrogens is 1. The zero-order chi connectivity index (χ0) is 12.0. The largest absolute Gasteiger partial charge is 0.409 e. The van der Waals surface area contributed by atoms with E-state index in [0.29, 0.717) is 6.42 Å². The number of oxime groups is 1. The zero-order valence-electron chi connectivity index (χ0n) is 9.60. The topological polar surface area (TPSA) is 83.5 Å². The normalized spacial score (nSPS) is 14.0. The first-order valence-electron chi connectivity index (χ1n) is 5.22. The molecule has 1 unspecified atom stereocenters. The first-order chi connectivity index (χ1) is 7.61. The second-order valence-corrected chi connectivity index (χ2v) is 4.82. The standard InChI is InChI=1S/C10H18N4OS/c1-7(5-10(11)14-15)12-4-3-9-6-16-8(2)13-9/h6-7,12,15H,3-5H2,1-2H3,(H2,11,14). The summed E-state index contributed by atoms with van der Waals surface area (Å²) in [5.74, 6) is 0.254. The molecule has 4 N–H and O–H groups in total. The molecule has 0 amide bonds. The smallest absolute Gasteiger partial charge is 0.140 e. The van der Waals surface area contributed by atoms with Gasteiger partial charge in [0.05, 0.1) is 10.7 Å². The van der Waals surface area contributed by atoms with E-state index in [1.54, 1.807) is 11.3 Å². The maximum atomic E-state index is 8.42. The third kappa shape index (κ3) is 4.59. The molecule has 0 saturated carbocycles. The Morgan fingerprint density at radius 1 is 1.75 bits per heavy atom. The van der Waals surface area contributed by atoms with Gasteiger partial charge < -0.3 is 16.3 Å². The lowest BCUT2D eigenvalue weighted by molar-refractivity contribution is 0.316. The van der Waals surface area contributed by atoms with Gasteiger partial charge in [0.1, 0.15) is 5.84 Å². The predicted molar refractivity (Wildman–Crippen MR) is 66.0 cm³/mol. The van der Waals surface area contributed by atoms with Crippen LogP contribution < -0.4 is 11.1 Å². The molecule has 1 aromatic rings. The van der Waals surface area contributed by atoms with Crippen molar-refractivity contribution < 1.29 is 5.21 Å². The minimum atomic E-state index is 0.204. The molecule has 0 aliphatic carbocycles. The number of nitrogens with zero attached hydrogens (tertiary/aromatic N) is 2. The minimum Gasteiger partial charge on any atom is -0.409 e. The van der Waals surface area contributed by atoms with Gasteiger partial charge in [-0.25, -0.2) is 4.98 Å². The van der Waals surface area contributed by atoms with Crippen molar-refractivity contribution in [2.45, 2.75) is 32.7 Å². The highest BCUT2D eigenvalue weighted by molar-refractivity contribution is 7.09. The van der Waals surface area contributed by atoms with Crippen molar-refractivity contribution in [3.05, 3.63) is 16.1 Å². The SMILES string of the molecule is Cc1nc(CCNC(C)CC(N)=NO)cs1. The second-order valence-electron chi connectivity index (χ2n) is 3.76. The minimum absolute atomic E-state index is 0.204. The van der Waals surface area contributed by atoms with E-state index in [1.165, 1.54) is 0 Å². The van der Waals surface area contributed by atoms with Crippen molar-refractivity contribution in [3.8, 4) is 0 Å². The first kappa shape index (κ1) is 12.9. The third-order valence-electron chi connectivity index (χ3n) is 2.18. The number of nitrogens with two attached hydrogens (primary N) is 1. The van der Waals surface area contributed by atoms with Crippen molar-refractivity contribution in [3.63, 3.8) is 0 Å². The van der Waals surface area contributed by atoms with Gasteiger partial charge in [-0.3, -0.25) is 0 Å². The van der Waals surface area contributed by atoms with E-state index in [9.17, 15) is 0 Å². The van der Waals surface area contributed by atoms with Gasteiger partial charge in [0.2, 0.25) is 0 Å². The predicted octanol–water partition coefficient (Wildman–Crippen LogP) is 1.11. The van der Waals surface area contributed by atoms with E-state index >= 15 is 0 Å². The Balaban J connectivity index is 2.20. The summed E-state index contributed by atoms with van der Waals surface area (Å²) in [6.07, 6.45) is 1.46. The maximum absolute atomic E-state index is 8.42. The lowest BCUT2D eigenvalue weighted by atomic mass is 10.2. The molecule has 1 aromatic heterocycles. The number of hydrogen-bond acceptors (Lipinski definition) is 5. The van der Waals surface area contributed by atoms with E-state index in [0.717, 1.165) is 23.7 Å². The van der Waals surface area contributed by atoms with Gasteiger partial charge in [0, 0.05) is 30.8 Å². The lowest BCUT2D eigenvalue weighted by Crippen LogP contribution is -2.32. The number of rotatable bonds is 6. The zero-order valence-corrected chi connectivity index (χ0v) is 10.4. The Kier molecular flexibility index (Phi) is 5.21. The molecule has 1 heterocycles. The van der Waals surface area contributed by atoms with E-state index in [4.69, 9.17) is 10.9 Å². The summed E-state index contributed by atoms with van der Waals surface area (Å²) in [6, 6.07) is 0.204. The monoisotopic (exact) mass is 242 g/mol. The molecule has 0 aliphatic heterocycles. The van der Waals surface area contributed by atoms with Crippen LogP contribution in [-0.4, -0.2) is 28.6 Å². The summed E-state index contributed by atoms with van der Waals surface area (Å²) >= 11 is 1.67. The molecule has 0 bridgehead atoms. The summed E-state index contributed by atoms with van der Waals surface area (Å²) < 4.78 is 0. The fraction of sp³-hybridized carbons (Fsp3) is 0.600. The quantitative estimate of drug-likeness (QED) is 0.302. The Labute approximate surface area is 99.4 Å². The molecule has 6 heteroatoms. The highest BCUT2D eigenvalue weighted by Crippen LogP contribution is 2.07. The summed E-state index contributed by atoms with van der Waals surface area (Å²) in [5.41, 5.74) is 6.53. The first-order valence-corrected chi connectivity index (χ1v) is 6.10. The van der Waals surface area contributed by atoms with Gasteiger partial charge in [-0.05, 0) is 13.8 Å². The molecular formula is C10H18N4OS. The molecule has 0 radical (unpaired) electrons. The van der Waals surface area contributed by atoms with Gasteiger partial charge in [-0.2, -0.15) is 0 Å². The maximum Gasteiger partial charge on any atom is 0.140 e. The van der Waals surface area contributed by atoms with E-state index in [2.05, 4.69) is 20.8 Å². The van der Waals surface area contributed by atoms with Gasteiger partial charge in [0.25, 0.3) is 0 Å². The summed E-state index contributed by atoms with van der Waals surface area (Å²) in [4.78, 5) is 4.37. The molecule has 1 rings (SSSR count). The number of hydrogen-bond donors (Lipinski definition) is 3. The van der Waals surface area contributed by atoms with E-state index in [1.807, 2.05) is 13.8 Å². The van der Waals surface area contributed by atoms with Crippen LogP contribution in [0.5, 0.6) is 0 Å². The van der Waals surface area contributed by atoms with Crippen LogP contribution in [0.25, 0.3) is 0 Å².